The van der Waals surface area contributed by atoms with Gasteiger partial charge in [0.25, 0.3) is 0 Å². The Labute approximate surface area is 78.0 Å². The summed E-state index contributed by atoms with van der Waals surface area (Å²) in [7, 11) is -0.451. The highest BCUT2D eigenvalue weighted by molar-refractivity contribution is 7.89. The summed E-state index contributed by atoms with van der Waals surface area (Å²) in [5.74, 6) is 0. The van der Waals surface area contributed by atoms with Gasteiger partial charge in [-0.25, -0.2) is 12.7 Å². The molecule has 0 aliphatic heterocycles. The number of anilines is 1. The van der Waals surface area contributed by atoms with Crippen LogP contribution in [0.1, 0.15) is 0 Å². The predicted octanol–water partition coefficient (Wildman–Crippen LogP) is 0.519. The van der Waals surface area contributed by atoms with Crippen molar-refractivity contribution in [3.63, 3.8) is 0 Å². The molecular weight excluding hydrogens is 188 g/mol. The van der Waals surface area contributed by atoms with Gasteiger partial charge in [-0.2, -0.15) is 0 Å². The van der Waals surface area contributed by atoms with Crippen LogP contribution >= 0.6 is 0 Å². The summed E-state index contributed by atoms with van der Waals surface area (Å²) < 4.78 is 24.3. The van der Waals surface area contributed by atoms with E-state index in [0.29, 0.717) is 0 Å². The monoisotopic (exact) mass is 200 g/mol. The van der Waals surface area contributed by atoms with Crippen molar-refractivity contribution in [3.05, 3.63) is 24.3 Å². The summed E-state index contributed by atoms with van der Waals surface area (Å²) in [6.45, 7) is 0. The first-order chi connectivity index (χ1) is 5.96. The number of hydrogen-bond donors (Lipinski definition) is 1. The molecule has 5 heteroatoms. The van der Waals surface area contributed by atoms with E-state index in [1.54, 1.807) is 18.2 Å². The van der Waals surface area contributed by atoms with E-state index in [1.807, 2.05) is 0 Å². The van der Waals surface area contributed by atoms with Crippen molar-refractivity contribution in [3.8, 4) is 0 Å². The fraction of sp³-hybridized carbons (Fsp3) is 0.250. The maximum Gasteiger partial charge on any atom is 0.244 e. The normalized spacial score (nSPS) is 11.9. The summed E-state index contributed by atoms with van der Waals surface area (Å²) in [5, 5.41) is 0. The lowest BCUT2D eigenvalue weighted by Gasteiger charge is -2.12. The summed E-state index contributed by atoms with van der Waals surface area (Å²) in [4.78, 5) is 0.153. The highest BCUT2D eigenvalue weighted by Crippen LogP contribution is 2.19. The maximum absolute atomic E-state index is 11.6. The summed E-state index contributed by atoms with van der Waals surface area (Å²) in [5.41, 5.74) is 5.81. The number of nitrogens with two attached hydrogens (primary N) is 1. The standard InChI is InChI=1S/C8H12N2O2S/c1-10(2)13(11,12)8-6-4-3-5-7(8)9/h3-6H,9H2,1-2H3. The number of rotatable bonds is 2. The van der Waals surface area contributed by atoms with E-state index in [9.17, 15) is 8.42 Å². The Morgan fingerprint density at radius 3 is 2.23 bits per heavy atom. The summed E-state index contributed by atoms with van der Waals surface area (Å²) >= 11 is 0. The Bertz CT molecular complexity index is 398. The van der Waals surface area contributed by atoms with Crippen LogP contribution in [0.15, 0.2) is 29.2 Å². The molecule has 0 saturated carbocycles. The van der Waals surface area contributed by atoms with E-state index >= 15 is 0 Å². The van der Waals surface area contributed by atoms with E-state index < -0.39 is 10.0 Å². The van der Waals surface area contributed by atoms with Crippen molar-refractivity contribution >= 4 is 15.7 Å². The van der Waals surface area contributed by atoms with Crippen molar-refractivity contribution in [2.24, 2.45) is 0 Å². The molecule has 0 aliphatic carbocycles. The lowest BCUT2D eigenvalue weighted by molar-refractivity contribution is 0.521. The average Bonchev–Trinajstić information content (AvgIpc) is 2.04. The number of para-hydroxylation sites is 1. The third kappa shape index (κ3) is 1.81. The molecule has 4 nitrogen and oxygen atoms in total. The SMILES string of the molecule is CN(C)S(=O)(=O)c1ccccc1N. The van der Waals surface area contributed by atoms with Crippen molar-refractivity contribution in [2.75, 3.05) is 19.8 Å². The van der Waals surface area contributed by atoms with E-state index in [-0.39, 0.29) is 10.6 Å². The van der Waals surface area contributed by atoms with Crippen LogP contribution in [0, 0.1) is 0 Å². The van der Waals surface area contributed by atoms with Crippen molar-refractivity contribution < 1.29 is 8.42 Å². The molecule has 0 heterocycles. The van der Waals surface area contributed by atoms with Crippen molar-refractivity contribution in [1.82, 2.24) is 4.31 Å². The molecule has 0 fully saturated rings. The smallest absolute Gasteiger partial charge is 0.244 e. The molecule has 13 heavy (non-hydrogen) atoms. The number of hydrogen-bond acceptors (Lipinski definition) is 3. The van der Waals surface area contributed by atoms with Gasteiger partial charge >= 0.3 is 0 Å². The second kappa shape index (κ2) is 3.35. The third-order valence-corrected chi connectivity index (χ3v) is 3.57. The Morgan fingerprint density at radius 2 is 1.77 bits per heavy atom. The summed E-state index contributed by atoms with van der Waals surface area (Å²) in [6.07, 6.45) is 0. The molecule has 0 unspecified atom stereocenters. The molecule has 1 aromatic carbocycles. The minimum absolute atomic E-state index is 0.153. The Kier molecular flexibility index (Phi) is 2.58. The number of sulfonamides is 1. The van der Waals surface area contributed by atoms with Gasteiger partial charge in [-0.15, -0.1) is 0 Å². The first-order valence-corrected chi connectivity index (χ1v) is 5.17. The first-order valence-electron chi connectivity index (χ1n) is 3.73. The van der Waals surface area contributed by atoms with Crippen LogP contribution in [0.4, 0.5) is 5.69 Å². The van der Waals surface area contributed by atoms with Gasteiger partial charge in [0.15, 0.2) is 0 Å². The third-order valence-electron chi connectivity index (χ3n) is 1.68. The van der Waals surface area contributed by atoms with Crippen molar-refractivity contribution in [1.29, 1.82) is 0 Å². The number of benzene rings is 1. The van der Waals surface area contributed by atoms with Crippen LogP contribution in [0.3, 0.4) is 0 Å². The largest absolute Gasteiger partial charge is 0.398 e. The molecule has 0 spiro atoms. The van der Waals surface area contributed by atoms with Gasteiger partial charge in [-0.05, 0) is 12.1 Å². The van der Waals surface area contributed by atoms with Crippen molar-refractivity contribution in [2.45, 2.75) is 4.90 Å². The molecule has 0 saturated heterocycles. The number of nitrogens with zero attached hydrogens (tertiary/aromatic N) is 1. The van der Waals surface area contributed by atoms with Crippen LogP contribution < -0.4 is 5.73 Å². The quantitative estimate of drug-likeness (QED) is 0.708. The molecule has 1 aromatic rings. The topological polar surface area (TPSA) is 63.4 Å². The van der Waals surface area contributed by atoms with E-state index in [4.69, 9.17) is 5.73 Å². The molecule has 0 aromatic heterocycles. The summed E-state index contributed by atoms with van der Waals surface area (Å²) in [6, 6.07) is 6.40. The van der Waals surface area contributed by atoms with Gasteiger partial charge < -0.3 is 5.73 Å². The molecule has 0 aliphatic rings. The highest BCUT2D eigenvalue weighted by atomic mass is 32.2. The average molecular weight is 200 g/mol. The van der Waals surface area contributed by atoms with Crippen LogP contribution in [-0.2, 0) is 10.0 Å². The highest BCUT2D eigenvalue weighted by Gasteiger charge is 2.18. The fourth-order valence-corrected chi connectivity index (χ4v) is 1.92. The zero-order chi connectivity index (χ0) is 10.1. The lowest BCUT2D eigenvalue weighted by Crippen LogP contribution is -2.23. The maximum atomic E-state index is 11.6. The van der Waals surface area contributed by atoms with Crippen LogP contribution in [-0.4, -0.2) is 26.8 Å². The first kappa shape index (κ1) is 10.0. The molecule has 2 N–H and O–H groups in total. The zero-order valence-electron chi connectivity index (χ0n) is 7.56. The molecular formula is C8H12N2O2S. The van der Waals surface area contributed by atoms with E-state index in [0.717, 1.165) is 4.31 Å². The molecule has 0 radical (unpaired) electrons. The second-order valence-corrected chi connectivity index (χ2v) is 4.95. The molecule has 0 atom stereocenters. The van der Waals surface area contributed by atoms with Gasteiger partial charge in [0.2, 0.25) is 10.0 Å². The predicted molar refractivity (Wildman–Crippen MR) is 51.7 cm³/mol. The lowest BCUT2D eigenvalue weighted by atomic mass is 10.3. The Morgan fingerprint density at radius 1 is 1.23 bits per heavy atom. The van der Waals surface area contributed by atoms with Crippen LogP contribution in [0.5, 0.6) is 0 Å². The molecule has 72 valence electrons. The van der Waals surface area contributed by atoms with Gasteiger partial charge in [0, 0.05) is 14.1 Å². The fourth-order valence-electron chi connectivity index (χ4n) is 0.912. The Hall–Kier alpha value is -1.07. The Balaban J connectivity index is 3.32. The van der Waals surface area contributed by atoms with Gasteiger partial charge in [0.1, 0.15) is 4.90 Å². The minimum atomic E-state index is -3.40. The second-order valence-electron chi connectivity index (χ2n) is 2.83. The van der Waals surface area contributed by atoms with Gasteiger partial charge in [-0.1, -0.05) is 12.1 Å². The molecule has 0 bridgehead atoms. The molecule has 1 rings (SSSR count). The van der Waals surface area contributed by atoms with E-state index in [2.05, 4.69) is 0 Å². The van der Waals surface area contributed by atoms with Gasteiger partial charge in [-0.3, -0.25) is 0 Å². The van der Waals surface area contributed by atoms with Crippen LogP contribution in [0.25, 0.3) is 0 Å². The minimum Gasteiger partial charge on any atom is -0.398 e. The van der Waals surface area contributed by atoms with E-state index in [1.165, 1.54) is 20.2 Å². The number of nitrogen functional groups attached to an aromatic ring is 1. The van der Waals surface area contributed by atoms with Gasteiger partial charge in [0.05, 0.1) is 5.69 Å². The van der Waals surface area contributed by atoms with Crippen LogP contribution in [0.2, 0.25) is 0 Å². The zero-order valence-corrected chi connectivity index (χ0v) is 8.38. The molecule has 0 amide bonds.